The standard InChI is InChI=1S/C71H28S/c1-7-3-2-4-9-8(7)5-6-10-69(9)72-71-67-61-55-45-33-25-17-13-11-12-15-19(17)27(33)37-31-23(15)24-16(12)20-18-14(11)22-21(13)29-35(25)43-49-39(29)40-30(22)36-26(18)34-28(20)38-32(24)42-41(31)53(47(37)55)63(67)64-54(42)48(38)56-46(34)52-44(36)50(40)58-57(49)65(59(61)51(43)45)70(10,71)66(58)60(52)62(56)68(64)71/h2-6,13,15,17,19,21,23,29,31,39-42,50,54,58,60,62,64,66,68H,1H3. The molecule has 35 rings (SSSR count). The Morgan fingerprint density at radius 2 is 0.653 bits per heavy atom. The Hall–Kier alpha value is -5.89. The number of rotatable bonds is 0. The summed E-state index contributed by atoms with van der Waals surface area (Å²) in [6, 6.07) is 13.1. The van der Waals surface area contributed by atoms with E-state index in [2.05, 4.69) is 60.1 Å². The molecule has 22 unspecified atom stereocenters. The molecular weight excluding hydrogens is 885 g/mol. The Labute approximate surface area is 410 Å². The lowest BCUT2D eigenvalue weighted by Crippen LogP contribution is -2.62. The minimum absolute atomic E-state index is 0.00151. The van der Waals surface area contributed by atoms with Crippen molar-refractivity contribution in [1.82, 2.24) is 0 Å². The molecule has 0 aromatic heterocycles. The van der Waals surface area contributed by atoms with Crippen LogP contribution < -0.4 is 0 Å². The zero-order valence-electron chi connectivity index (χ0n) is 38.3. The van der Waals surface area contributed by atoms with E-state index in [0.717, 1.165) is 0 Å². The van der Waals surface area contributed by atoms with Gasteiger partial charge in [0.05, 0.1) is 4.75 Å². The fourth-order valence-corrected chi connectivity index (χ4v) is 35.0. The number of hydrogen-bond donors (Lipinski definition) is 0. The molecule has 1 heteroatoms. The normalized spacial score (nSPS) is 47.0. The lowest BCUT2D eigenvalue weighted by Gasteiger charge is -2.65. The van der Waals surface area contributed by atoms with Crippen molar-refractivity contribution in [3.63, 3.8) is 0 Å². The van der Waals surface area contributed by atoms with Crippen LogP contribution in [0.5, 0.6) is 0 Å². The van der Waals surface area contributed by atoms with E-state index < -0.39 is 0 Å². The minimum Gasteiger partial charge on any atom is -0.112 e. The van der Waals surface area contributed by atoms with Gasteiger partial charge >= 0.3 is 0 Å². The van der Waals surface area contributed by atoms with Gasteiger partial charge in [0.1, 0.15) is 0 Å². The highest BCUT2D eigenvalue weighted by Crippen LogP contribution is 3.01. The molecule has 22 aliphatic carbocycles. The van der Waals surface area contributed by atoms with Crippen LogP contribution in [0.3, 0.4) is 0 Å². The maximum atomic E-state index is 2.88. The molecule has 0 N–H and O–H groups in total. The Kier molecular flexibility index (Phi) is 2.62. The first-order valence-electron chi connectivity index (χ1n) is 29.3. The van der Waals surface area contributed by atoms with Gasteiger partial charge in [-0.3, -0.25) is 0 Å². The molecule has 318 valence electrons. The molecule has 0 saturated heterocycles. The second-order valence-electron chi connectivity index (χ2n) is 30.2. The first-order valence-corrected chi connectivity index (χ1v) is 30.1. The summed E-state index contributed by atoms with van der Waals surface area (Å²) in [4.78, 5) is 1.75. The third kappa shape index (κ3) is 1.56. The highest BCUT2D eigenvalue weighted by Gasteiger charge is 2.89. The van der Waals surface area contributed by atoms with Crippen LogP contribution in [0.15, 0.2) is 35.2 Å². The second kappa shape index (κ2) is 6.62. The van der Waals surface area contributed by atoms with Crippen molar-refractivity contribution in [2.45, 2.75) is 129 Å². The van der Waals surface area contributed by atoms with E-state index in [9.17, 15) is 0 Å². The average Bonchev–Trinajstić information content (AvgIpc) is 4.36. The first-order chi connectivity index (χ1) is 35.8. The van der Waals surface area contributed by atoms with Gasteiger partial charge in [0, 0.05) is 10.3 Å². The molecule has 0 bridgehead atoms. The molecule has 1 aliphatic heterocycles. The van der Waals surface area contributed by atoms with E-state index in [4.69, 9.17) is 0 Å². The molecular formula is C71H28S. The third-order valence-electron chi connectivity index (χ3n) is 31.4. The fourth-order valence-electron chi connectivity index (χ4n) is 32.8. The molecule has 12 aromatic rings. The molecule has 1 fully saturated rings. The zero-order chi connectivity index (χ0) is 42.6. The van der Waals surface area contributed by atoms with E-state index in [-0.39, 0.29) is 10.2 Å². The summed E-state index contributed by atoms with van der Waals surface area (Å²) in [6.45, 7) is 2.42. The summed E-state index contributed by atoms with van der Waals surface area (Å²) in [5, 5.41) is 33.8. The summed E-state index contributed by atoms with van der Waals surface area (Å²) in [6.07, 6.45) is 0. The Morgan fingerprint density at radius 1 is 0.306 bits per heavy atom. The van der Waals surface area contributed by atoms with Gasteiger partial charge < -0.3 is 0 Å². The highest BCUT2D eigenvalue weighted by atomic mass is 32.2. The van der Waals surface area contributed by atoms with Crippen molar-refractivity contribution in [2.24, 2.45) is 11.8 Å². The Bertz CT molecular complexity index is 5800. The van der Waals surface area contributed by atoms with Crippen LogP contribution in [0.4, 0.5) is 0 Å². The quantitative estimate of drug-likeness (QED) is 0.137. The first kappa shape index (κ1) is 28.5. The van der Waals surface area contributed by atoms with Crippen molar-refractivity contribution < 1.29 is 0 Å². The van der Waals surface area contributed by atoms with Crippen LogP contribution in [-0.4, -0.2) is 0 Å². The third-order valence-corrected chi connectivity index (χ3v) is 33.2. The van der Waals surface area contributed by atoms with Crippen LogP contribution in [0.25, 0.3) is 108 Å². The lowest BCUT2D eigenvalue weighted by molar-refractivity contribution is 0.0342. The molecule has 22 atom stereocenters. The summed E-state index contributed by atoms with van der Waals surface area (Å²) in [5.41, 5.74) is 47.8. The number of aryl methyl sites for hydroxylation is 1. The number of fused-ring (bicyclic) bond motifs is 3. The van der Waals surface area contributed by atoms with Gasteiger partial charge in [0.15, 0.2) is 0 Å². The van der Waals surface area contributed by atoms with Crippen LogP contribution in [-0.2, 0) is 10.2 Å². The van der Waals surface area contributed by atoms with Gasteiger partial charge in [0.25, 0.3) is 0 Å². The summed E-state index contributed by atoms with van der Waals surface area (Å²) in [5.74, 6) is 13.2. The predicted octanol–water partition coefficient (Wildman–Crippen LogP) is 16.0. The number of hydrogen-bond acceptors (Lipinski definition) is 1. The zero-order valence-corrected chi connectivity index (χ0v) is 39.2. The second-order valence-corrected chi connectivity index (χ2v) is 31.5. The molecule has 1 heterocycles. The van der Waals surface area contributed by atoms with E-state index in [1.807, 2.05) is 203 Å². The maximum Gasteiger partial charge on any atom is 0.0645 e. The SMILES string of the molecule is Cc1cccc2c3c(ccc12)C12c4c5c6c7c8c9c%10c%11c%12c%13c%14c%15c(c%16c%13c%10c7c4-%16)C1(S3)C1C%15C3c4c7c%10c%13c%15c%16c%17c%18c%19c%20c%21c%22c%23c(c4c4c%22c%19c%16c%104)C3C%14C%12C%23C%21C%11C9C%20C%18C8C6C%17C%15C5C2C%13C71. The predicted molar refractivity (Wildman–Crippen MR) is 279 cm³/mol. The van der Waals surface area contributed by atoms with Crippen LogP contribution in [0.1, 0.15) is 229 Å². The number of thioether (sulfide) groups is 1. The molecule has 2 spiro atoms. The largest absolute Gasteiger partial charge is 0.112 e. The summed E-state index contributed by atoms with van der Waals surface area (Å²) < 4.78 is 0.0287. The fraction of sp³-hybridized carbons (Fsp3) is 0.324. The van der Waals surface area contributed by atoms with Gasteiger partial charge in [-0.2, -0.15) is 0 Å². The van der Waals surface area contributed by atoms with Crippen molar-refractivity contribution in [1.29, 1.82) is 0 Å². The average molecular weight is 913 g/mol. The van der Waals surface area contributed by atoms with Crippen molar-refractivity contribution in [3.8, 4) is 11.1 Å². The molecule has 23 aliphatic rings. The maximum absolute atomic E-state index is 2.88. The van der Waals surface area contributed by atoms with Crippen LogP contribution in [0, 0.1) is 18.8 Å². The van der Waals surface area contributed by atoms with E-state index in [0.29, 0.717) is 118 Å². The molecule has 12 aromatic carbocycles. The molecule has 1 saturated carbocycles. The monoisotopic (exact) mass is 912 g/mol. The molecule has 0 amide bonds. The van der Waals surface area contributed by atoms with Crippen LogP contribution >= 0.6 is 11.8 Å². The van der Waals surface area contributed by atoms with E-state index in [1.165, 1.54) is 10.9 Å². The lowest BCUT2D eigenvalue weighted by atomic mass is 9.39. The van der Waals surface area contributed by atoms with E-state index in [1.54, 1.807) is 10.3 Å². The molecule has 0 nitrogen and oxygen atoms in total. The smallest absolute Gasteiger partial charge is 0.0645 e. The number of benzene rings is 11. The Balaban J connectivity index is 1.00. The van der Waals surface area contributed by atoms with Crippen molar-refractivity contribution in [3.05, 3.63) is 153 Å². The highest BCUT2D eigenvalue weighted by molar-refractivity contribution is 8.01. The van der Waals surface area contributed by atoms with Gasteiger partial charge in [-0.05, 0) is 356 Å². The van der Waals surface area contributed by atoms with Crippen LogP contribution in [0.2, 0.25) is 0 Å². The molecule has 72 heavy (non-hydrogen) atoms. The van der Waals surface area contributed by atoms with Gasteiger partial charge in [-0.25, -0.2) is 0 Å². The summed E-state index contributed by atoms with van der Waals surface area (Å²) >= 11 is 2.60. The minimum atomic E-state index is -0.00151. The van der Waals surface area contributed by atoms with Gasteiger partial charge in [-0.15, -0.1) is 11.8 Å². The van der Waals surface area contributed by atoms with Crippen molar-refractivity contribution in [2.75, 3.05) is 0 Å². The summed E-state index contributed by atoms with van der Waals surface area (Å²) in [7, 11) is 0. The topological polar surface area (TPSA) is 0 Å². The van der Waals surface area contributed by atoms with Gasteiger partial charge in [-0.1, -0.05) is 30.3 Å². The van der Waals surface area contributed by atoms with E-state index >= 15 is 0 Å². The molecule has 0 radical (unpaired) electrons. The van der Waals surface area contributed by atoms with Crippen molar-refractivity contribution >= 4 is 109 Å². The Morgan fingerprint density at radius 3 is 1.14 bits per heavy atom. The van der Waals surface area contributed by atoms with Gasteiger partial charge in [0.2, 0.25) is 0 Å².